The van der Waals surface area contributed by atoms with Crippen molar-refractivity contribution >= 4 is 39.8 Å². The second kappa shape index (κ2) is 4.60. The average Bonchev–Trinajstić information content (AvgIpc) is 2.15. The fraction of sp³-hybridized carbons (Fsp3) is 0.0909. The Balaban J connectivity index is 0.00000128. The quantitative estimate of drug-likeness (QED) is 0.601. The summed E-state index contributed by atoms with van der Waals surface area (Å²) in [5.74, 6) is 0. The van der Waals surface area contributed by atoms with E-state index in [1.165, 1.54) is 0 Å². The first kappa shape index (κ1) is 13.3. The van der Waals surface area contributed by atoms with Crippen molar-refractivity contribution in [2.75, 3.05) is 0 Å². The van der Waals surface area contributed by atoms with Gasteiger partial charge in [-0.2, -0.15) is 8.42 Å². The molecule has 1 radical (unpaired) electrons. The van der Waals surface area contributed by atoms with Crippen molar-refractivity contribution in [3.8, 4) is 0 Å². The van der Waals surface area contributed by atoms with Gasteiger partial charge in [-0.3, -0.25) is 4.55 Å². The van der Waals surface area contributed by atoms with Crippen LogP contribution < -0.4 is 0 Å². The van der Waals surface area contributed by atoms with E-state index in [2.05, 4.69) is 0 Å². The number of aryl methyl sites for hydroxylation is 1. The summed E-state index contributed by atoms with van der Waals surface area (Å²) in [4.78, 5) is 0.000556. The number of hydrogen-bond acceptors (Lipinski definition) is 2. The maximum absolute atomic E-state index is 11.2. The molecule has 0 amide bonds. The zero-order valence-corrected chi connectivity index (χ0v) is 9.95. The van der Waals surface area contributed by atoms with Crippen LogP contribution in [0.5, 0.6) is 0 Å². The van der Waals surface area contributed by atoms with Crippen LogP contribution in [0.4, 0.5) is 0 Å². The van der Waals surface area contributed by atoms with Gasteiger partial charge in [0.2, 0.25) is 0 Å². The van der Waals surface area contributed by atoms with Gasteiger partial charge in [0.15, 0.2) is 0 Å². The van der Waals surface area contributed by atoms with Crippen molar-refractivity contribution < 1.29 is 13.0 Å². The molecular weight excluding hydrogens is 219 g/mol. The Kier molecular flexibility index (Phi) is 3.82. The maximum Gasteiger partial charge on any atom is 0.295 e. The minimum atomic E-state index is -4.16. The topological polar surface area (TPSA) is 54.4 Å². The van der Waals surface area contributed by atoms with Crippen LogP contribution in [0.15, 0.2) is 41.3 Å². The smallest absolute Gasteiger partial charge is 0.282 e. The molecule has 2 aromatic carbocycles. The van der Waals surface area contributed by atoms with E-state index in [-0.39, 0.29) is 23.8 Å². The zero-order valence-electron chi connectivity index (χ0n) is 9.14. The van der Waals surface area contributed by atoms with Crippen LogP contribution in [0.2, 0.25) is 0 Å². The number of rotatable bonds is 1. The Hall–Kier alpha value is -0.793. The summed E-state index contributed by atoms with van der Waals surface area (Å²) >= 11 is 0. The van der Waals surface area contributed by atoms with Crippen molar-refractivity contribution in [2.45, 2.75) is 11.8 Å². The molecule has 2 rings (SSSR count). The minimum absolute atomic E-state index is 0. The van der Waals surface area contributed by atoms with Gasteiger partial charge >= 0.3 is 0 Å². The van der Waals surface area contributed by atoms with Gasteiger partial charge < -0.3 is 0 Å². The summed E-state index contributed by atoms with van der Waals surface area (Å²) in [5.41, 5.74) is 0.552. The maximum atomic E-state index is 11.2. The molecule has 0 fully saturated rings. The summed E-state index contributed by atoms with van der Waals surface area (Å²) < 4.78 is 31.6. The van der Waals surface area contributed by atoms with E-state index in [1.807, 2.05) is 18.2 Å². The fourth-order valence-electron chi connectivity index (χ4n) is 1.69. The third kappa shape index (κ3) is 2.31. The van der Waals surface area contributed by atoms with Crippen LogP contribution in [0.1, 0.15) is 5.56 Å². The molecule has 1 N–H and O–H groups in total. The molecule has 0 aromatic heterocycles. The van der Waals surface area contributed by atoms with Crippen LogP contribution in [0, 0.1) is 6.92 Å². The summed E-state index contributed by atoms with van der Waals surface area (Å²) in [7, 11) is -4.16. The van der Waals surface area contributed by atoms with E-state index in [0.29, 0.717) is 10.9 Å². The minimum Gasteiger partial charge on any atom is -0.282 e. The summed E-state index contributed by atoms with van der Waals surface area (Å²) in [6, 6.07) is 10.6. The Morgan fingerprint density at radius 2 is 1.69 bits per heavy atom. The van der Waals surface area contributed by atoms with E-state index in [0.717, 1.165) is 5.39 Å². The third-order valence-corrected chi connectivity index (χ3v) is 3.39. The molecule has 0 saturated carbocycles. The van der Waals surface area contributed by atoms with Crippen molar-refractivity contribution in [3.05, 3.63) is 42.0 Å². The molecular formula is C11H10LiO3S. The molecule has 79 valence electrons. The van der Waals surface area contributed by atoms with Gasteiger partial charge in [0.1, 0.15) is 4.90 Å². The Morgan fingerprint density at radius 1 is 1.06 bits per heavy atom. The first-order valence-electron chi connectivity index (χ1n) is 4.46. The molecule has 0 aliphatic carbocycles. The van der Waals surface area contributed by atoms with E-state index < -0.39 is 10.1 Å². The Labute approximate surface area is 106 Å². The van der Waals surface area contributed by atoms with Crippen molar-refractivity contribution in [1.29, 1.82) is 0 Å². The fourth-order valence-corrected chi connectivity index (χ4v) is 2.63. The molecule has 5 heteroatoms. The summed E-state index contributed by atoms with van der Waals surface area (Å²) in [6.07, 6.45) is 0. The zero-order chi connectivity index (χ0) is 11.1. The molecule has 16 heavy (non-hydrogen) atoms. The SMILES string of the molecule is Cc1ccc2ccccc2c1S(=O)(=O)O.[Li]. The molecule has 0 aliphatic heterocycles. The van der Waals surface area contributed by atoms with E-state index in [4.69, 9.17) is 4.55 Å². The largest absolute Gasteiger partial charge is 0.295 e. The molecule has 3 nitrogen and oxygen atoms in total. The molecule has 0 bridgehead atoms. The second-order valence-corrected chi connectivity index (χ2v) is 4.77. The molecule has 0 unspecified atom stereocenters. The van der Waals surface area contributed by atoms with Gasteiger partial charge in [-0.05, 0) is 17.9 Å². The van der Waals surface area contributed by atoms with Gasteiger partial charge in [-0.25, -0.2) is 0 Å². The van der Waals surface area contributed by atoms with E-state index >= 15 is 0 Å². The van der Waals surface area contributed by atoms with Crippen molar-refractivity contribution in [2.24, 2.45) is 0 Å². The molecule has 0 heterocycles. The number of hydrogen-bond donors (Lipinski definition) is 1. The van der Waals surface area contributed by atoms with Crippen LogP contribution >= 0.6 is 0 Å². The van der Waals surface area contributed by atoms with Gasteiger partial charge in [-0.15, -0.1) is 0 Å². The van der Waals surface area contributed by atoms with Gasteiger partial charge in [0.05, 0.1) is 0 Å². The molecule has 0 saturated heterocycles. The summed E-state index contributed by atoms with van der Waals surface area (Å²) in [6.45, 7) is 1.66. The molecule has 0 aliphatic rings. The Morgan fingerprint density at radius 3 is 2.31 bits per heavy atom. The number of fused-ring (bicyclic) bond motifs is 1. The van der Waals surface area contributed by atoms with Crippen LogP contribution in [0.25, 0.3) is 10.8 Å². The standard InChI is InChI=1S/C11H10O3S.Li/c1-8-6-7-9-4-2-3-5-10(9)11(8)15(12,13)14;/h2-7H,1H3,(H,12,13,14);. The molecule has 0 spiro atoms. The van der Waals surface area contributed by atoms with E-state index in [1.54, 1.807) is 25.1 Å². The summed E-state index contributed by atoms with van der Waals surface area (Å²) in [5, 5.41) is 1.36. The van der Waals surface area contributed by atoms with Gasteiger partial charge in [-0.1, -0.05) is 36.4 Å². The number of benzene rings is 2. The Bertz CT molecular complexity index is 620. The van der Waals surface area contributed by atoms with Gasteiger partial charge in [0, 0.05) is 24.2 Å². The van der Waals surface area contributed by atoms with Crippen LogP contribution in [-0.4, -0.2) is 31.8 Å². The van der Waals surface area contributed by atoms with Crippen LogP contribution in [-0.2, 0) is 10.1 Å². The monoisotopic (exact) mass is 229 g/mol. The third-order valence-electron chi connectivity index (χ3n) is 2.33. The first-order valence-corrected chi connectivity index (χ1v) is 5.90. The average molecular weight is 229 g/mol. The second-order valence-electron chi connectivity index (χ2n) is 3.41. The van der Waals surface area contributed by atoms with Crippen molar-refractivity contribution in [3.63, 3.8) is 0 Å². The van der Waals surface area contributed by atoms with Crippen LogP contribution in [0.3, 0.4) is 0 Å². The normalized spacial score (nSPS) is 11.1. The predicted octanol–water partition coefficient (Wildman–Crippen LogP) is 2.01. The van der Waals surface area contributed by atoms with Gasteiger partial charge in [0.25, 0.3) is 10.1 Å². The van der Waals surface area contributed by atoms with E-state index in [9.17, 15) is 8.42 Å². The first-order chi connectivity index (χ1) is 7.00. The molecule has 2 aromatic rings. The van der Waals surface area contributed by atoms with Crippen molar-refractivity contribution in [1.82, 2.24) is 0 Å². The predicted molar refractivity (Wildman–Crippen MR) is 64.3 cm³/mol. The molecule has 0 atom stereocenters.